The van der Waals surface area contributed by atoms with Crippen molar-refractivity contribution in [1.29, 1.82) is 0 Å². The molecule has 1 aliphatic rings. The number of aromatic hydroxyl groups is 1. The number of thioether (sulfide) groups is 1. The number of methoxy groups -OCH3 is 2. The summed E-state index contributed by atoms with van der Waals surface area (Å²) in [7, 11) is 2.67. The van der Waals surface area contributed by atoms with E-state index in [1.54, 1.807) is 24.3 Å². The molecule has 0 atom stereocenters. The van der Waals surface area contributed by atoms with Crippen LogP contribution in [-0.2, 0) is 4.79 Å². The number of phenolic OH excluding ortho intramolecular Hbond substituents is 1. The second-order valence-corrected chi connectivity index (χ2v) is 6.53. The number of nitro benzene ring substituents is 1. The second kappa shape index (κ2) is 7.61. The zero-order valence-corrected chi connectivity index (χ0v) is 15.6. The van der Waals surface area contributed by atoms with E-state index in [0.29, 0.717) is 23.2 Å². The van der Waals surface area contributed by atoms with Crippen molar-refractivity contribution in [2.24, 2.45) is 0 Å². The minimum Gasteiger partial charge on any atom is -0.500 e. The maximum atomic E-state index is 12.8. The fraction of sp³-hybridized carbons (Fsp3) is 0.111. The molecule has 0 saturated carbocycles. The van der Waals surface area contributed by atoms with Crippen LogP contribution in [0.3, 0.4) is 0 Å². The quantitative estimate of drug-likeness (QED) is 0.458. The Labute approximate surface area is 163 Å². The number of benzene rings is 2. The third kappa shape index (κ3) is 3.37. The lowest BCUT2D eigenvalue weighted by molar-refractivity contribution is -0.386. The molecule has 1 N–H and O–H groups in total. The number of rotatable bonds is 5. The van der Waals surface area contributed by atoms with Gasteiger partial charge in [0.15, 0.2) is 5.75 Å². The van der Waals surface area contributed by atoms with Crippen molar-refractivity contribution in [1.82, 2.24) is 0 Å². The average Bonchev–Trinajstić information content (AvgIpc) is 2.95. The molecule has 2 amide bonds. The smallest absolute Gasteiger partial charge is 0.315 e. The highest BCUT2D eigenvalue weighted by molar-refractivity contribution is 8.19. The number of nitro groups is 1. The summed E-state index contributed by atoms with van der Waals surface area (Å²) >= 11 is 0.692. The number of phenols is 1. The van der Waals surface area contributed by atoms with E-state index >= 15 is 0 Å². The molecule has 0 bridgehead atoms. The van der Waals surface area contributed by atoms with Crippen LogP contribution in [0.1, 0.15) is 5.56 Å². The number of imide groups is 1. The Morgan fingerprint density at radius 3 is 2.46 bits per heavy atom. The van der Waals surface area contributed by atoms with E-state index < -0.39 is 27.5 Å². The predicted octanol–water partition coefficient (Wildman–Crippen LogP) is 3.56. The molecule has 1 saturated heterocycles. The molecule has 144 valence electrons. The molecule has 10 heteroatoms. The van der Waals surface area contributed by atoms with E-state index in [0.717, 1.165) is 11.0 Å². The summed E-state index contributed by atoms with van der Waals surface area (Å²) in [6.45, 7) is 0. The van der Waals surface area contributed by atoms with Gasteiger partial charge in [0, 0.05) is 6.07 Å². The van der Waals surface area contributed by atoms with E-state index in [1.165, 1.54) is 26.4 Å². The van der Waals surface area contributed by atoms with Gasteiger partial charge in [0.1, 0.15) is 5.75 Å². The summed E-state index contributed by atoms with van der Waals surface area (Å²) in [5, 5.41) is 20.4. The van der Waals surface area contributed by atoms with Crippen LogP contribution >= 0.6 is 11.8 Å². The standard InChI is InChI=1S/C18H14N2O7S/c1-26-13-6-4-3-5-11(13)19-17(22)15(28-18(19)23)9-10-7-12(20(24)25)16(21)14(8-10)27-2/h3-9,21H,1-2H3/b15-9-. The summed E-state index contributed by atoms with van der Waals surface area (Å²) in [4.78, 5) is 36.6. The lowest BCUT2D eigenvalue weighted by Gasteiger charge is -2.15. The first-order valence-electron chi connectivity index (χ1n) is 7.83. The molecule has 28 heavy (non-hydrogen) atoms. The van der Waals surface area contributed by atoms with Crippen LogP contribution in [0.4, 0.5) is 16.2 Å². The van der Waals surface area contributed by atoms with Gasteiger partial charge in [-0.15, -0.1) is 0 Å². The molecule has 0 aromatic heterocycles. The van der Waals surface area contributed by atoms with Gasteiger partial charge in [-0.2, -0.15) is 0 Å². The Kier molecular flexibility index (Phi) is 5.23. The van der Waals surface area contributed by atoms with E-state index in [-0.39, 0.29) is 16.2 Å². The molecular weight excluding hydrogens is 388 g/mol. The number of ether oxygens (including phenoxy) is 2. The normalized spacial score (nSPS) is 15.2. The lowest BCUT2D eigenvalue weighted by Crippen LogP contribution is -2.28. The van der Waals surface area contributed by atoms with Crippen LogP contribution in [-0.4, -0.2) is 35.4 Å². The van der Waals surface area contributed by atoms with E-state index in [1.807, 2.05) is 0 Å². The zero-order chi connectivity index (χ0) is 20.4. The van der Waals surface area contributed by atoms with Crippen molar-refractivity contribution < 1.29 is 29.1 Å². The van der Waals surface area contributed by atoms with Crippen LogP contribution < -0.4 is 14.4 Å². The van der Waals surface area contributed by atoms with Crippen LogP contribution in [0.25, 0.3) is 6.08 Å². The van der Waals surface area contributed by atoms with Crippen LogP contribution in [0, 0.1) is 10.1 Å². The summed E-state index contributed by atoms with van der Waals surface area (Å²) in [5.74, 6) is -0.974. The van der Waals surface area contributed by atoms with Gasteiger partial charge in [0.25, 0.3) is 11.1 Å². The molecule has 1 aliphatic heterocycles. The monoisotopic (exact) mass is 402 g/mol. The first-order valence-corrected chi connectivity index (χ1v) is 8.65. The molecule has 2 aromatic rings. The molecule has 1 fully saturated rings. The molecule has 0 radical (unpaired) electrons. The van der Waals surface area contributed by atoms with Crippen LogP contribution in [0.2, 0.25) is 0 Å². The number of carbonyl (C=O) groups excluding carboxylic acids is 2. The van der Waals surface area contributed by atoms with E-state index in [4.69, 9.17) is 9.47 Å². The Balaban J connectivity index is 2.03. The van der Waals surface area contributed by atoms with Gasteiger partial charge >= 0.3 is 5.69 Å². The molecular formula is C18H14N2O7S. The highest BCUT2D eigenvalue weighted by Crippen LogP contribution is 2.41. The number of para-hydroxylation sites is 2. The van der Waals surface area contributed by atoms with Crippen molar-refractivity contribution in [3.8, 4) is 17.2 Å². The van der Waals surface area contributed by atoms with Gasteiger partial charge in [-0.1, -0.05) is 12.1 Å². The molecule has 9 nitrogen and oxygen atoms in total. The van der Waals surface area contributed by atoms with Gasteiger partial charge in [-0.3, -0.25) is 19.7 Å². The number of anilines is 1. The Bertz CT molecular complexity index is 1020. The number of nitrogens with zero attached hydrogens (tertiary/aromatic N) is 2. The van der Waals surface area contributed by atoms with Gasteiger partial charge in [0.2, 0.25) is 5.75 Å². The summed E-state index contributed by atoms with van der Waals surface area (Å²) < 4.78 is 10.1. The van der Waals surface area contributed by atoms with E-state index in [2.05, 4.69) is 0 Å². The molecule has 3 rings (SSSR count). The summed E-state index contributed by atoms with van der Waals surface area (Å²) in [6.07, 6.45) is 1.33. The minimum atomic E-state index is -0.768. The Morgan fingerprint density at radius 1 is 1.14 bits per heavy atom. The summed E-state index contributed by atoms with van der Waals surface area (Å²) in [5.41, 5.74) is -0.0494. The van der Waals surface area contributed by atoms with Gasteiger partial charge in [0.05, 0.1) is 29.7 Å². The van der Waals surface area contributed by atoms with Crippen molar-refractivity contribution in [2.75, 3.05) is 19.1 Å². The zero-order valence-electron chi connectivity index (χ0n) is 14.7. The maximum absolute atomic E-state index is 12.8. The number of hydrogen-bond acceptors (Lipinski definition) is 8. The van der Waals surface area contributed by atoms with Crippen molar-refractivity contribution in [2.45, 2.75) is 0 Å². The average molecular weight is 402 g/mol. The van der Waals surface area contributed by atoms with Gasteiger partial charge in [-0.25, -0.2) is 4.90 Å². The third-order valence-electron chi connectivity index (χ3n) is 3.91. The van der Waals surface area contributed by atoms with E-state index in [9.17, 15) is 24.8 Å². The van der Waals surface area contributed by atoms with Crippen molar-refractivity contribution in [3.63, 3.8) is 0 Å². The van der Waals surface area contributed by atoms with Gasteiger partial charge < -0.3 is 14.6 Å². The molecule has 0 unspecified atom stereocenters. The Morgan fingerprint density at radius 2 is 1.82 bits per heavy atom. The highest BCUT2D eigenvalue weighted by atomic mass is 32.2. The van der Waals surface area contributed by atoms with Crippen LogP contribution in [0.15, 0.2) is 41.3 Å². The number of carbonyl (C=O) groups is 2. The maximum Gasteiger partial charge on any atom is 0.315 e. The highest BCUT2D eigenvalue weighted by Gasteiger charge is 2.37. The SMILES string of the molecule is COc1ccccc1N1C(=O)S/C(=C\c2cc(OC)c(O)c([N+](=O)[O-])c2)C1=O. The molecule has 2 aromatic carbocycles. The Hall–Kier alpha value is -3.53. The third-order valence-corrected chi connectivity index (χ3v) is 4.78. The first-order chi connectivity index (χ1) is 13.4. The molecule has 0 spiro atoms. The summed E-state index contributed by atoms with van der Waals surface area (Å²) in [6, 6.07) is 9.00. The predicted molar refractivity (Wildman–Crippen MR) is 103 cm³/mol. The fourth-order valence-electron chi connectivity index (χ4n) is 2.63. The largest absolute Gasteiger partial charge is 0.500 e. The second-order valence-electron chi connectivity index (χ2n) is 5.54. The number of amides is 2. The van der Waals surface area contributed by atoms with Crippen molar-refractivity contribution in [3.05, 3.63) is 57.0 Å². The van der Waals surface area contributed by atoms with Gasteiger partial charge in [-0.05, 0) is 41.6 Å². The minimum absolute atomic E-state index is 0.0675. The fourth-order valence-corrected chi connectivity index (χ4v) is 3.47. The van der Waals surface area contributed by atoms with Crippen LogP contribution in [0.5, 0.6) is 17.2 Å². The molecule has 0 aliphatic carbocycles. The van der Waals surface area contributed by atoms with Crippen molar-refractivity contribution >= 4 is 40.4 Å². The lowest BCUT2D eigenvalue weighted by atomic mass is 10.1. The first kappa shape index (κ1) is 19.2. The molecule has 1 heterocycles. The number of hydrogen-bond donors (Lipinski definition) is 1. The topological polar surface area (TPSA) is 119 Å².